The van der Waals surface area contributed by atoms with Gasteiger partial charge in [0.15, 0.2) is 5.78 Å². The highest BCUT2D eigenvalue weighted by Gasteiger charge is 2.39. The predicted molar refractivity (Wildman–Crippen MR) is 79.2 cm³/mol. The third kappa shape index (κ3) is 2.01. The average molecular weight is 298 g/mol. The second kappa shape index (κ2) is 5.34. The molecule has 1 aliphatic carbocycles. The summed E-state index contributed by atoms with van der Waals surface area (Å²) >= 11 is 0. The minimum atomic E-state index is -0.457. The first kappa shape index (κ1) is 14.4. The van der Waals surface area contributed by atoms with Crippen molar-refractivity contribution in [2.45, 2.75) is 45.6 Å². The molecule has 0 unspecified atom stereocenters. The van der Waals surface area contributed by atoms with Crippen LogP contribution in [0.25, 0.3) is 0 Å². The zero-order valence-corrected chi connectivity index (χ0v) is 12.7. The number of aryl methyl sites for hydroxylation is 1. The summed E-state index contributed by atoms with van der Waals surface area (Å²) in [5.41, 5.74) is 8.60. The molecular formula is C16H18N4O2. The number of hydrogen-bond donors (Lipinski definition) is 1. The van der Waals surface area contributed by atoms with Crippen molar-refractivity contribution in [3.05, 3.63) is 40.2 Å². The number of nitrogens with two attached hydrogens (primary N) is 1. The second-order valence-corrected chi connectivity index (χ2v) is 5.54. The van der Waals surface area contributed by atoms with Gasteiger partial charge in [0.25, 0.3) is 0 Å². The van der Waals surface area contributed by atoms with Gasteiger partial charge in [0.1, 0.15) is 17.4 Å². The van der Waals surface area contributed by atoms with E-state index in [9.17, 15) is 10.1 Å². The highest BCUT2D eigenvalue weighted by Crippen LogP contribution is 2.43. The maximum Gasteiger partial charge on any atom is 0.205 e. The molecule has 0 fully saturated rings. The third-order valence-electron chi connectivity index (χ3n) is 4.36. The molecule has 0 amide bonds. The van der Waals surface area contributed by atoms with E-state index in [-0.39, 0.29) is 11.7 Å². The molecule has 2 aliphatic rings. The Bertz CT molecular complexity index is 749. The molecule has 6 heteroatoms. The fourth-order valence-corrected chi connectivity index (χ4v) is 3.23. The van der Waals surface area contributed by atoms with Gasteiger partial charge >= 0.3 is 0 Å². The van der Waals surface area contributed by atoms with E-state index in [4.69, 9.17) is 10.5 Å². The van der Waals surface area contributed by atoms with Crippen molar-refractivity contribution >= 4 is 5.78 Å². The van der Waals surface area contributed by atoms with Crippen molar-refractivity contribution in [3.8, 4) is 6.07 Å². The summed E-state index contributed by atoms with van der Waals surface area (Å²) in [6, 6.07) is 2.12. The zero-order chi connectivity index (χ0) is 15.9. The van der Waals surface area contributed by atoms with Crippen molar-refractivity contribution in [3.63, 3.8) is 0 Å². The lowest BCUT2D eigenvalue weighted by molar-refractivity contribution is -0.116. The summed E-state index contributed by atoms with van der Waals surface area (Å²) in [7, 11) is 0. The Hall–Kier alpha value is -2.55. The van der Waals surface area contributed by atoms with Crippen LogP contribution in [0.5, 0.6) is 0 Å². The van der Waals surface area contributed by atoms with E-state index in [1.807, 2.05) is 18.5 Å². The molecule has 1 aromatic heterocycles. The monoisotopic (exact) mass is 298 g/mol. The molecule has 0 saturated carbocycles. The molecular weight excluding hydrogens is 280 g/mol. The molecule has 2 heterocycles. The number of carbonyl (C=O) groups excluding carboxylic acids is 1. The van der Waals surface area contributed by atoms with Crippen LogP contribution in [0.15, 0.2) is 29.0 Å². The van der Waals surface area contributed by atoms with Crippen LogP contribution < -0.4 is 5.73 Å². The number of ether oxygens (including phenoxy) is 1. The van der Waals surface area contributed by atoms with E-state index in [1.54, 1.807) is 6.20 Å². The summed E-state index contributed by atoms with van der Waals surface area (Å²) < 4.78 is 7.41. The van der Waals surface area contributed by atoms with E-state index < -0.39 is 5.92 Å². The number of ketones is 1. The Morgan fingerprint density at radius 2 is 2.32 bits per heavy atom. The molecule has 6 nitrogen and oxygen atoms in total. The van der Waals surface area contributed by atoms with E-state index >= 15 is 0 Å². The highest BCUT2D eigenvalue weighted by molar-refractivity contribution is 5.99. The van der Waals surface area contributed by atoms with Crippen LogP contribution >= 0.6 is 0 Å². The van der Waals surface area contributed by atoms with Gasteiger partial charge in [0, 0.05) is 36.2 Å². The molecule has 0 saturated heterocycles. The molecule has 2 N–H and O–H groups in total. The van der Waals surface area contributed by atoms with Crippen molar-refractivity contribution in [2.75, 3.05) is 0 Å². The smallest absolute Gasteiger partial charge is 0.205 e. The number of rotatable bonds is 2. The minimum Gasteiger partial charge on any atom is -0.444 e. The number of hydrogen-bond acceptors (Lipinski definition) is 5. The molecule has 22 heavy (non-hydrogen) atoms. The Labute approximate surface area is 128 Å². The highest BCUT2D eigenvalue weighted by atomic mass is 16.5. The molecule has 0 aromatic carbocycles. The number of nitrogens with zero attached hydrogens (tertiary/aromatic N) is 3. The summed E-state index contributed by atoms with van der Waals surface area (Å²) in [6.07, 6.45) is 3.65. The maximum absolute atomic E-state index is 12.4. The molecule has 0 bridgehead atoms. The number of Topliss-reactive ketones (excluding diaryl/α,β-unsaturated/α-hetero) is 1. The van der Waals surface area contributed by atoms with Crippen molar-refractivity contribution in [2.24, 2.45) is 5.73 Å². The summed E-state index contributed by atoms with van der Waals surface area (Å²) in [5, 5.41) is 13.8. The third-order valence-corrected chi connectivity index (χ3v) is 4.36. The maximum atomic E-state index is 12.4. The number of carbonyl (C=O) groups is 1. The first-order chi connectivity index (χ1) is 10.6. The van der Waals surface area contributed by atoms with Crippen LogP contribution in [-0.4, -0.2) is 15.6 Å². The standard InChI is InChI=1S/C16H18N4O2/c1-3-20-9(2)11(8-19-20)14-10(7-17)16(18)22-13-6-4-5-12(21)15(13)14/h8,14H,3-6,18H2,1-2H3/t14-/m1/s1. The average Bonchev–Trinajstić information content (AvgIpc) is 2.86. The van der Waals surface area contributed by atoms with Crippen LogP contribution in [0.1, 0.15) is 43.4 Å². The Balaban J connectivity index is 2.20. The minimum absolute atomic E-state index is 0.0372. The molecule has 3 rings (SSSR count). The van der Waals surface area contributed by atoms with Crippen molar-refractivity contribution < 1.29 is 9.53 Å². The lowest BCUT2D eigenvalue weighted by Crippen LogP contribution is -2.27. The van der Waals surface area contributed by atoms with Crippen molar-refractivity contribution in [1.82, 2.24) is 9.78 Å². The second-order valence-electron chi connectivity index (χ2n) is 5.54. The van der Waals surface area contributed by atoms with Crippen LogP contribution in [0, 0.1) is 18.3 Å². The fourth-order valence-electron chi connectivity index (χ4n) is 3.23. The van der Waals surface area contributed by atoms with E-state index in [0.717, 1.165) is 24.2 Å². The van der Waals surface area contributed by atoms with Crippen molar-refractivity contribution in [1.29, 1.82) is 5.26 Å². The zero-order valence-electron chi connectivity index (χ0n) is 12.7. The fraction of sp³-hybridized carbons (Fsp3) is 0.438. The molecule has 0 spiro atoms. The lowest BCUT2D eigenvalue weighted by atomic mass is 9.78. The molecule has 1 aliphatic heterocycles. The van der Waals surface area contributed by atoms with Gasteiger partial charge in [-0.05, 0) is 20.3 Å². The SMILES string of the molecule is CCn1ncc([C@H]2C(C#N)=C(N)OC3=C2C(=O)CCC3)c1C. The number of allylic oxidation sites excluding steroid dienone is 3. The van der Waals surface area contributed by atoms with Gasteiger partial charge in [-0.2, -0.15) is 10.4 Å². The summed E-state index contributed by atoms with van der Waals surface area (Å²) in [6.45, 7) is 4.68. The number of nitriles is 1. The quantitative estimate of drug-likeness (QED) is 0.901. The Morgan fingerprint density at radius 3 is 2.95 bits per heavy atom. The van der Waals surface area contributed by atoms with Gasteiger partial charge in [-0.15, -0.1) is 0 Å². The van der Waals surface area contributed by atoms with E-state index in [1.165, 1.54) is 0 Å². The molecule has 1 aromatic rings. The summed E-state index contributed by atoms with van der Waals surface area (Å²) in [4.78, 5) is 12.4. The molecule has 1 atom stereocenters. The topological polar surface area (TPSA) is 93.9 Å². The lowest BCUT2D eigenvalue weighted by Gasteiger charge is -2.30. The van der Waals surface area contributed by atoms with Gasteiger partial charge < -0.3 is 10.5 Å². The largest absolute Gasteiger partial charge is 0.444 e. The van der Waals surface area contributed by atoms with Crippen LogP contribution in [0.3, 0.4) is 0 Å². The van der Waals surface area contributed by atoms with Crippen LogP contribution in [-0.2, 0) is 16.1 Å². The van der Waals surface area contributed by atoms with Crippen LogP contribution in [0.4, 0.5) is 0 Å². The Kier molecular flexibility index (Phi) is 3.49. The predicted octanol–water partition coefficient (Wildman–Crippen LogP) is 2.03. The van der Waals surface area contributed by atoms with E-state index in [2.05, 4.69) is 11.2 Å². The molecule has 114 valence electrons. The van der Waals surface area contributed by atoms with Crippen LogP contribution in [0.2, 0.25) is 0 Å². The van der Waals surface area contributed by atoms with Gasteiger partial charge in [0.2, 0.25) is 5.88 Å². The van der Waals surface area contributed by atoms with Gasteiger partial charge in [-0.25, -0.2) is 0 Å². The first-order valence-electron chi connectivity index (χ1n) is 7.44. The first-order valence-corrected chi connectivity index (χ1v) is 7.44. The van der Waals surface area contributed by atoms with Gasteiger partial charge in [-0.1, -0.05) is 0 Å². The van der Waals surface area contributed by atoms with Gasteiger partial charge in [0.05, 0.1) is 12.1 Å². The molecule has 0 radical (unpaired) electrons. The summed E-state index contributed by atoms with van der Waals surface area (Å²) in [5.74, 6) is 0.294. The van der Waals surface area contributed by atoms with E-state index in [0.29, 0.717) is 29.7 Å². The Morgan fingerprint density at radius 1 is 1.55 bits per heavy atom. The normalized spacial score (nSPS) is 21.5. The number of aromatic nitrogens is 2. The van der Waals surface area contributed by atoms with Gasteiger partial charge in [-0.3, -0.25) is 9.48 Å².